The molecule has 1 amide bonds. The molecule has 3 aliphatic heterocycles. The topological polar surface area (TPSA) is 58.6 Å². The maximum Gasteiger partial charge on any atom is 0.324 e. The van der Waals surface area contributed by atoms with E-state index in [4.69, 9.17) is 27.9 Å². The monoisotopic (exact) mass is 642 g/mol. The van der Waals surface area contributed by atoms with E-state index >= 15 is 4.39 Å². The van der Waals surface area contributed by atoms with Crippen LogP contribution in [-0.2, 0) is 19.7 Å². The fourth-order valence-corrected chi connectivity index (χ4v) is 8.33. The number of rotatable bonds is 4. The van der Waals surface area contributed by atoms with Gasteiger partial charge in [-0.3, -0.25) is 14.5 Å². The van der Waals surface area contributed by atoms with Crippen molar-refractivity contribution in [3.05, 3.63) is 135 Å². The Bertz CT molecular complexity index is 1790. The van der Waals surface area contributed by atoms with Crippen molar-refractivity contribution in [2.24, 2.45) is 5.41 Å². The summed E-state index contributed by atoms with van der Waals surface area (Å²) >= 11 is 12.8. The van der Waals surface area contributed by atoms with Crippen LogP contribution in [0.2, 0.25) is 10.0 Å². The Labute approximate surface area is 272 Å². The minimum absolute atomic E-state index is 0.0749. The molecule has 230 valence electrons. The predicted molar refractivity (Wildman–Crippen MR) is 174 cm³/mol. The number of amides is 1. The molecule has 5 nitrogen and oxygen atoms in total. The zero-order chi connectivity index (χ0) is 31.7. The molecular formula is C37H33Cl2FN2O3. The van der Waals surface area contributed by atoms with Gasteiger partial charge in [0.25, 0.3) is 0 Å². The minimum Gasteiger partial charge on any atom is -0.454 e. The third kappa shape index (κ3) is 4.68. The molecule has 2 fully saturated rings. The van der Waals surface area contributed by atoms with Crippen molar-refractivity contribution < 1.29 is 18.7 Å². The first-order chi connectivity index (χ1) is 21.5. The van der Waals surface area contributed by atoms with Crippen LogP contribution < -0.4 is 5.32 Å². The third-order valence-corrected chi connectivity index (χ3v) is 10.1. The fourth-order valence-electron chi connectivity index (χ4n) is 7.98. The molecule has 3 heterocycles. The lowest BCUT2D eigenvalue weighted by Gasteiger charge is -2.47. The molecule has 6 atom stereocenters. The second-order valence-corrected chi connectivity index (χ2v) is 14.3. The number of nitrogens with one attached hydrogen (secondary N) is 1. The van der Waals surface area contributed by atoms with E-state index < -0.39 is 47.3 Å². The van der Waals surface area contributed by atoms with Gasteiger partial charge in [0.05, 0.1) is 11.1 Å². The summed E-state index contributed by atoms with van der Waals surface area (Å²) in [6.07, 6.45) is -0.149. The Kier molecular flexibility index (Phi) is 7.31. The fraction of sp³-hybridized carbons (Fsp3) is 0.297. The molecule has 0 aliphatic carbocycles. The first kappa shape index (κ1) is 30.0. The van der Waals surface area contributed by atoms with Gasteiger partial charge in [0.1, 0.15) is 23.4 Å². The average molecular weight is 644 g/mol. The Hall–Kier alpha value is -3.71. The van der Waals surface area contributed by atoms with Crippen LogP contribution in [0.5, 0.6) is 0 Å². The molecule has 2 saturated heterocycles. The maximum absolute atomic E-state index is 16.3. The molecule has 8 heteroatoms. The summed E-state index contributed by atoms with van der Waals surface area (Å²) in [5.41, 5.74) is 1.55. The Morgan fingerprint density at radius 3 is 2.20 bits per heavy atom. The second-order valence-electron chi connectivity index (χ2n) is 13.4. The molecule has 4 aromatic carbocycles. The normalized spacial score (nSPS) is 27.6. The summed E-state index contributed by atoms with van der Waals surface area (Å²) < 4.78 is 22.7. The highest BCUT2D eigenvalue weighted by Gasteiger charge is 2.72. The van der Waals surface area contributed by atoms with Crippen LogP contribution >= 0.6 is 23.2 Å². The number of cyclic esters (lactones) is 1. The molecule has 45 heavy (non-hydrogen) atoms. The SMILES string of the molecule is CC(C)(C)C[C@@H]1N2[C@H](C(=O)O[C@@H](c3ccccc3)[C@H]2c2ccccc2)[C@@H](c2cccc(Cl)c2F)[C@@]12C(=O)Nc1cc(Cl)ccc12. The Morgan fingerprint density at radius 2 is 1.53 bits per heavy atom. The van der Waals surface area contributed by atoms with E-state index in [0.29, 0.717) is 22.7 Å². The van der Waals surface area contributed by atoms with Gasteiger partial charge in [-0.25, -0.2) is 4.39 Å². The molecule has 0 unspecified atom stereocenters. The number of ether oxygens (including phenoxy) is 1. The van der Waals surface area contributed by atoms with Gasteiger partial charge in [0.2, 0.25) is 5.91 Å². The second kappa shape index (κ2) is 11.0. The van der Waals surface area contributed by atoms with Crippen LogP contribution in [-0.4, -0.2) is 28.9 Å². The smallest absolute Gasteiger partial charge is 0.324 e. The molecule has 4 aromatic rings. The lowest BCUT2D eigenvalue weighted by Crippen LogP contribution is -2.54. The van der Waals surface area contributed by atoms with Crippen molar-refractivity contribution >= 4 is 40.8 Å². The van der Waals surface area contributed by atoms with Gasteiger partial charge in [-0.2, -0.15) is 0 Å². The minimum atomic E-state index is -1.37. The zero-order valence-electron chi connectivity index (χ0n) is 25.1. The lowest BCUT2D eigenvalue weighted by atomic mass is 9.62. The van der Waals surface area contributed by atoms with Crippen LogP contribution in [0.3, 0.4) is 0 Å². The largest absolute Gasteiger partial charge is 0.454 e. The number of morpholine rings is 1. The number of esters is 1. The highest BCUT2D eigenvalue weighted by atomic mass is 35.5. The van der Waals surface area contributed by atoms with Crippen LogP contribution in [0.25, 0.3) is 0 Å². The Morgan fingerprint density at radius 1 is 0.867 bits per heavy atom. The molecule has 0 radical (unpaired) electrons. The van der Waals surface area contributed by atoms with E-state index in [-0.39, 0.29) is 21.9 Å². The molecule has 1 N–H and O–H groups in total. The van der Waals surface area contributed by atoms with Gasteiger partial charge < -0.3 is 10.1 Å². The lowest BCUT2D eigenvalue weighted by molar-refractivity contribution is -0.176. The van der Waals surface area contributed by atoms with Crippen LogP contribution in [0, 0.1) is 11.2 Å². The van der Waals surface area contributed by atoms with Gasteiger partial charge in [0.15, 0.2) is 0 Å². The molecule has 3 aliphatic rings. The maximum atomic E-state index is 16.3. The van der Waals surface area contributed by atoms with Crippen molar-refractivity contribution in [3.63, 3.8) is 0 Å². The molecule has 0 aromatic heterocycles. The number of hydrogen-bond donors (Lipinski definition) is 1. The number of fused-ring (bicyclic) bond motifs is 3. The Balaban J connectivity index is 1.58. The number of nitrogens with zero attached hydrogens (tertiary/aromatic N) is 1. The van der Waals surface area contributed by atoms with E-state index in [0.717, 1.165) is 11.1 Å². The number of carbonyl (C=O) groups is 2. The number of anilines is 1. The van der Waals surface area contributed by atoms with Crippen molar-refractivity contribution in [1.82, 2.24) is 4.90 Å². The van der Waals surface area contributed by atoms with E-state index in [9.17, 15) is 9.59 Å². The van der Waals surface area contributed by atoms with Crippen molar-refractivity contribution in [3.8, 4) is 0 Å². The number of benzene rings is 4. The van der Waals surface area contributed by atoms with Gasteiger partial charge in [0, 0.05) is 22.7 Å². The van der Waals surface area contributed by atoms with Crippen molar-refractivity contribution in [1.29, 1.82) is 0 Å². The van der Waals surface area contributed by atoms with Gasteiger partial charge in [-0.15, -0.1) is 0 Å². The number of halogens is 3. The van der Waals surface area contributed by atoms with E-state index in [1.54, 1.807) is 24.3 Å². The van der Waals surface area contributed by atoms with Gasteiger partial charge >= 0.3 is 5.97 Å². The third-order valence-electron chi connectivity index (χ3n) is 9.55. The standard InChI is InChI=1S/C37H33Cl2FN2O3/c1-36(2,3)20-28-37(25-18-17-23(38)19-27(25)41-35(37)44)29(24-15-10-16-26(39)30(24)40)32-34(43)45-33(22-13-8-5-9-14-22)31(42(28)32)21-11-6-4-7-12-21/h4-19,28-29,31-33H,20H2,1-3H3,(H,41,44)/t28-,29+,31+,32-,33-,37-/m0/s1. The van der Waals surface area contributed by atoms with Crippen molar-refractivity contribution in [2.45, 2.75) is 62.8 Å². The number of hydrogen-bond acceptors (Lipinski definition) is 4. The highest BCUT2D eigenvalue weighted by Crippen LogP contribution is 2.64. The molecule has 1 spiro atoms. The molecular weight excluding hydrogens is 610 g/mol. The molecule has 7 rings (SSSR count). The summed E-state index contributed by atoms with van der Waals surface area (Å²) in [5, 5.41) is 3.47. The zero-order valence-corrected chi connectivity index (χ0v) is 26.6. The van der Waals surface area contributed by atoms with E-state index in [2.05, 4.69) is 31.0 Å². The first-order valence-corrected chi connectivity index (χ1v) is 15.9. The van der Waals surface area contributed by atoms with Gasteiger partial charge in [-0.05, 0) is 52.3 Å². The van der Waals surface area contributed by atoms with Crippen LogP contribution in [0.15, 0.2) is 97.1 Å². The summed E-state index contributed by atoms with van der Waals surface area (Å²) in [7, 11) is 0. The molecule has 0 bridgehead atoms. The average Bonchev–Trinajstić information content (AvgIpc) is 3.46. The number of carbonyl (C=O) groups excluding carboxylic acids is 2. The summed E-state index contributed by atoms with van der Waals surface area (Å²) in [6, 6.07) is 27.7. The van der Waals surface area contributed by atoms with E-state index in [1.807, 2.05) is 66.7 Å². The van der Waals surface area contributed by atoms with Crippen molar-refractivity contribution in [2.75, 3.05) is 5.32 Å². The summed E-state index contributed by atoms with van der Waals surface area (Å²) in [5.74, 6) is -2.42. The van der Waals surface area contributed by atoms with Crippen LogP contribution in [0.1, 0.15) is 67.5 Å². The highest BCUT2D eigenvalue weighted by molar-refractivity contribution is 6.31. The predicted octanol–water partition coefficient (Wildman–Crippen LogP) is 8.63. The molecule has 0 saturated carbocycles. The summed E-state index contributed by atoms with van der Waals surface area (Å²) in [6.45, 7) is 6.35. The van der Waals surface area contributed by atoms with Crippen LogP contribution in [0.4, 0.5) is 10.1 Å². The first-order valence-electron chi connectivity index (χ1n) is 15.2. The summed E-state index contributed by atoms with van der Waals surface area (Å²) in [4.78, 5) is 31.5. The quantitative estimate of drug-likeness (QED) is 0.226. The van der Waals surface area contributed by atoms with E-state index in [1.165, 1.54) is 6.07 Å². The van der Waals surface area contributed by atoms with Gasteiger partial charge in [-0.1, -0.05) is 123 Å².